The molecule has 88 valence electrons. The summed E-state index contributed by atoms with van der Waals surface area (Å²) in [5.41, 5.74) is 1.89. The third-order valence-electron chi connectivity index (χ3n) is 1.99. The number of amides is 1. The Morgan fingerprint density at radius 2 is 1.94 bits per heavy atom. The maximum atomic E-state index is 11.5. The van der Waals surface area contributed by atoms with E-state index in [4.69, 9.17) is 11.6 Å². The number of hydrogen-bond acceptors (Lipinski definition) is 1. The molecule has 16 heavy (non-hydrogen) atoms. The number of aryl methyl sites for hydroxylation is 1. The zero-order chi connectivity index (χ0) is 12.1. The van der Waals surface area contributed by atoms with Gasteiger partial charge in [-0.25, -0.2) is 0 Å². The van der Waals surface area contributed by atoms with Crippen LogP contribution in [0.15, 0.2) is 21.1 Å². The number of hydrogen-bond donors (Lipinski definition) is 1. The predicted molar refractivity (Wildman–Crippen MR) is 75.2 cm³/mol. The van der Waals surface area contributed by atoms with Crippen molar-refractivity contribution < 1.29 is 4.79 Å². The summed E-state index contributed by atoms with van der Waals surface area (Å²) in [4.78, 5) is 11.5. The zero-order valence-corrected chi connectivity index (χ0v) is 12.7. The Balaban J connectivity index is 2.77. The minimum atomic E-state index is -0.0223. The molecule has 0 atom stereocenters. The summed E-state index contributed by atoms with van der Waals surface area (Å²) in [7, 11) is 0. The zero-order valence-electron chi connectivity index (χ0n) is 8.82. The van der Waals surface area contributed by atoms with Gasteiger partial charge in [0.2, 0.25) is 5.91 Å². The van der Waals surface area contributed by atoms with E-state index in [9.17, 15) is 4.79 Å². The summed E-state index contributed by atoms with van der Waals surface area (Å²) < 4.78 is 1.75. The Bertz CT molecular complexity index is 373. The second kappa shape index (κ2) is 6.62. The second-order valence-electron chi connectivity index (χ2n) is 3.44. The molecule has 0 saturated heterocycles. The van der Waals surface area contributed by atoms with Crippen molar-refractivity contribution in [3.8, 4) is 0 Å². The lowest BCUT2D eigenvalue weighted by Crippen LogP contribution is -2.12. The van der Waals surface area contributed by atoms with Crippen LogP contribution in [0.5, 0.6) is 0 Å². The highest BCUT2D eigenvalue weighted by atomic mass is 79.9. The molecule has 0 aliphatic carbocycles. The molecule has 0 fully saturated rings. The summed E-state index contributed by atoms with van der Waals surface area (Å²) in [5.74, 6) is 0.481. The molecular formula is C11H12Br2ClNO. The first-order chi connectivity index (χ1) is 7.54. The standard InChI is InChI=1S/C11H12Br2ClNO/c1-7-5-8(12)11(9(13)6-7)15-10(16)3-2-4-14/h5-6H,2-4H2,1H3,(H,15,16). The van der Waals surface area contributed by atoms with E-state index in [-0.39, 0.29) is 5.91 Å². The summed E-state index contributed by atoms with van der Waals surface area (Å²) in [6.07, 6.45) is 1.13. The summed E-state index contributed by atoms with van der Waals surface area (Å²) in [5, 5.41) is 2.85. The Morgan fingerprint density at radius 3 is 2.44 bits per heavy atom. The third-order valence-corrected chi connectivity index (χ3v) is 3.51. The first-order valence-corrected chi connectivity index (χ1v) is 6.98. The molecular weight excluding hydrogens is 357 g/mol. The first-order valence-electron chi connectivity index (χ1n) is 4.86. The molecule has 0 aliphatic rings. The van der Waals surface area contributed by atoms with Gasteiger partial charge in [-0.05, 0) is 62.9 Å². The van der Waals surface area contributed by atoms with Gasteiger partial charge in [0.1, 0.15) is 0 Å². The van der Waals surface area contributed by atoms with E-state index in [1.165, 1.54) is 0 Å². The lowest BCUT2D eigenvalue weighted by molar-refractivity contribution is -0.116. The second-order valence-corrected chi connectivity index (χ2v) is 5.53. The molecule has 0 heterocycles. The molecule has 1 aromatic rings. The maximum absolute atomic E-state index is 11.5. The number of carbonyl (C=O) groups excluding carboxylic acids is 1. The van der Waals surface area contributed by atoms with Crippen LogP contribution in [0.4, 0.5) is 5.69 Å². The van der Waals surface area contributed by atoms with Crippen molar-refractivity contribution in [1.29, 1.82) is 0 Å². The number of anilines is 1. The van der Waals surface area contributed by atoms with Crippen molar-refractivity contribution in [3.05, 3.63) is 26.6 Å². The fraction of sp³-hybridized carbons (Fsp3) is 0.364. The summed E-state index contributed by atoms with van der Waals surface area (Å²) in [6.45, 7) is 1.99. The van der Waals surface area contributed by atoms with Gasteiger partial charge >= 0.3 is 0 Å². The fourth-order valence-corrected chi connectivity index (χ4v) is 3.00. The molecule has 0 aliphatic heterocycles. The lowest BCUT2D eigenvalue weighted by atomic mass is 10.2. The minimum Gasteiger partial charge on any atom is -0.324 e. The Morgan fingerprint density at radius 1 is 1.38 bits per heavy atom. The molecule has 0 spiro atoms. The minimum absolute atomic E-state index is 0.0223. The maximum Gasteiger partial charge on any atom is 0.224 e. The van der Waals surface area contributed by atoms with Crippen LogP contribution in [0.2, 0.25) is 0 Å². The van der Waals surface area contributed by atoms with Crippen LogP contribution in [0, 0.1) is 6.92 Å². The van der Waals surface area contributed by atoms with E-state index in [1.54, 1.807) is 0 Å². The van der Waals surface area contributed by atoms with Crippen molar-refractivity contribution in [3.63, 3.8) is 0 Å². The number of alkyl halides is 1. The highest BCUT2D eigenvalue weighted by molar-refractivity contribution is 9.11. The number of halogens is 3. The van der Waals surface area contributed by atoms with Crippen LogP contribution in [0.1, 0.15) is 18.4 Å². The van der Waals surface area contributed by atoms with Gasteiger partial charge in [-0.15, -0.1) is 11.6 Å². The van der Waals surface area contributed by atoms with Crippen LogP contribution in [-0.2, 0) is 4.79 Å². The molecule has 0 saturated carbocycles. The molecule has 1 rings (SSSR count). The van der Waals surface area contributed by atoms with Gasteiger partial charge in [0.15, 0.2) is 0 Å². The quantitative estimate of drug-likeness (QED) is 0.779. The van der Waals surface area contributed by atoms with E-state index < -0.39 is 0 Å². The highest BCUT2D eigenvalue weighted by Gasteiger charge is 2.09. The molecule has 1 amide bonds. The normalized spacial score (nSPS) is 10.2. The first kappa shape index (κ1) is 14.0. The Labute approximate surface area is 117 Å². The van der Waals surface area contributed by atoms with Crippen LogP contribution in [0.3, 0.4) is 0 Å². The lowest BCUT2D eigenvalue weighted by Gasteiger charge is -2.10. The van der Waals surface area contributed by atoms with Crippen molar-refractivity contribution in [2.45, 2.75) is 19.8 Å². The van der Waals surface area contributed by atoms with Gasteiger partial charge in [0.05, 0.1) is 5.69 Å². The largest absolute Gasteiger partial charge is 0.324 e. The SMILES string of the molecule is Cc1cc(Br)c(NC(=O)CCCCl)c(Br)c1. The molecule has 1 aromatic carbocycles. The van der Waals surface area contributed by atoms with E-state index in [0.717, 1.165) is 20.2 Å². The summed E-state index contributed by atoms with van der Waals surface area (Å²) >= 11 is 12.4. The van der Waals surface area contributed by atoms with E-state index >= 15 is 0 Å². The molecule has 1 N–H and O–H groups in total. The smallest absolute Gasteiger partial charge is 0.224 e. The van der Waals surface area contributed by atoms with E-state index in [1.807, 2.05) is 19.1 Å². The molecule has 2 nitrogen and oxygen atoms in total. The van der Waals surface area contributed by atoms with Crippen LogP contribution in [-0.4, -0.2) is 11.8 Å². The van der Waals surface area contributed by atoms with Gasteiger partial charge in [0, 0.05) is 21.2 Å². The number of nitrogens with one attached hydrogen (secondary N) is 1. The predicted octanol–water partition coefficient (Wildman–Crippen LogP) is 4.48. The Kier molecular flexibility index (Phi) is 5.79. The average molecular weight is 369 g/mol. The van der Waals surface area contributed by atoms with Crippen molar-refractivity contribution in [1.82, 2.24) is 0 Å². The number of benzene rings is 1. The van der Waals surface area contributed by atoms with Crippen LogP contribution < -0.4 is 5.32 Å². The van der Waals surface area contributed by atoms with Gasteiger partial charge < -0.3 is 5.32 Å². The highest BCUT2D eigenvalue weighted by Crippen LogP contribution is 2.32. The van der Waals surface area contributed by atoms with Gasteiger partial charge in [-0.1, -0.05) is 0 Å². The third kappa shape index (κ3) is 4.07. The molecule has 5 heteroatoms. The molecule has 0 unspecified atom stereocenters. The molecule has 0 aromatic heterocycles. The fourth-order valence-electron chi connectivity index (χ4n) is 1.25. The van der Waals surface area contributed by atoms with Crippen LogP contribution >= 0.6 is 43.5 Å². The van der Waals surface area contributed by atoms with Crippen LogP contribution in [0.25, 0.3) is 0 Å². The molecule has 0 radical (unpaired) electrons. The summed E-state index contributed by atoms with van der Waals surface area (Å²) in [6, 6.07) is 3.92. The van der Waals surface area contributed by atoms with Crippen molar-refractivity contribution in [2.75, 3.05) is 11.2 Å². The molecule has 0 bridgehead atoms. The van der Waals surface area contributed by atoms with Crippen molar-refractivity contribution >= 4 is 55.1 Å². The van der Waals surface area contributed by atoms with Gasteiger partial charge in [0.25, 0.3) is 0 Å². The van der Waals surface area contributed by atoms with Crippen molar-refractivity contribution in [2.24, 2.45) is 0 Å². The monoisotopic (exact) mass is 367 g/mol. The topological polar surface area (TPSA) is 29.1 Å². The Hall–Kier alpha value is -0.0600. The number of carbonyl (C=O) groups is 1. The van der Waals surface area contributed by atoms with Gasteiger partial charge in [-0.3, -0.25) is 4.79 Å². The number of rotatable bonds is 4. The van der Waals surface area contributed by atoms with E-state index in [2.05, 4.69) is 37.2 Å². The van der Waals surface area contributed by atoms with Gasteiger partial charge in [-0.2, -0.15) is 0 Å². The average Bonchev–Trinajstić information content (AvgIpc) is 2.20. The van der Waals surface area contributed by atoms with E-state index in [0.29, 0.717) is 18.7 Å².